The van der Waals surface area contributed by atoms with Crippen molar-refractivity contribution in [1.29, 1.82) is 0 Å². The van der Waals surface area contributed by atoms with Crippen molar-refractivity contribution in [2.75, 3.05) is 39.3 Å². The second kappa shape index (κ2) is 10.9. The summed E-state index contributed by atoms with van der Waals surface area (Å²) in [5.41, 5.74) is 1.42. The lowest BCUT2D eigenvalue weighted by molar-refractivity contribution is -0.137. The highest BCUT2D eigenvalue weighted by atomic mass is 32.1. The predicted octanol–water partition coefficient (Wildman–Crippen LogP) is 5.23. The van der Waals surface area contributed by atoms with Gasteiger partial charge in [0.1, 0.15) is 5.82 Å². The van der Waals surface area contributed by atoms with E-state index in [4.69, 9.17) is 0 Å². The fourth-order valence-electron chi connectivity index (χ4n) is 5.22. The van der Waals surface area contributed by atoms with Crippen molar-refractivity contribution in [1.82, 2.24) is 14.7 Å². The van der Waals surface area contributed by atoms with Gasteiger partial charge in [0.05, 0.1) is 11.6 Å². The third-order valence-corrected chi connectivity index (χ3v) is 8.22. The van der Waals surface area contributed by atoms with Crippen molar-refractivity contribution in [2.24, 2.45) is 0 Å². The first-order valence-electron chi connectivity index (χ1n) is 12.5. The molecular weight excluding hydrogens is 518 g/mol. The first-order valence-corrected chi connectivity index (χ1v) is 13.4. The first kappa shape index (κ1) is 26.4. The summed E-state index contributed by atoms with van der Waals surface area (Å²) in [6, 6.07) is 12.8. The molecule has 0 N–H and O–H groups in total. The third kappa shape index (κ3) is 5.61. The number of halogens is 4. The molecule has 0 aliphatic carbocycles. The minimum absolute atomic E-state index is 0.0132. The van der Waals surface area contributed by atoms with Crippen LogP contribution in [0, 0.1) is 5.82 Å². The summed E-state index contributed by atoms with van der Waals surface area (Å²) in [4.78, 5) is 32.6. The first-order chi connectivity index (χ1) is 18.2. The largest absolute Gasteiger partial charge is 0.416 e. The van der Waals surface area contributed by atoms with E-state index in [0.717, 1.165) is 36.2 Å². The van der Waals surface area contributed by atoms with Crippen LogP contribution in [0.2, 0.25) is 0 Å². The van der Waals surface area contributed by atoms with Crippen LogP contribution in [-0.2, 0) is 17.4 Å². The number of hydrogen-bond donors (Lipinski definition) is 0. The number of amides is 2. The Labute approximate surface area is 222 Å². The zero-order valence-corrected chi connectivity index (χ0v) is 21.4. The Bertz CT molecular complexity index is 1300. The quantitative estimate of drug-likeness (QED) is 0.413. The molecule has 3 aromatic rings. The molecule has 2 aliphatic rings. The van der Waals surface area contributed by atoms with Gasteiger partial charge in [0.2, 0.25) is 5.91 Å². The lowest BCUT2D eigenvalue weighted by atomic mass is 9.93. The minimum Gasteiger partial charge on any atom is -0.339 e. The molecule has 5 rings (SSSR count). The summed E-state index contributed by atoms with van der Waals surface area (Å²) >= 11 is 1.70. The Hall–Kier alpha value is -3.24. The van der Waals surface area contributed by atoms with Crippen LogP contribution in [0.5, 0.6) is 0 Å². The van der Waals surface area contributed by atoms with Crippen molar-refractivity contribution in [3.63, 3.8) is 0 Å². The van der Waals surface area contributed by atoms with Gasteiger partial charge in [-0.3, -0.25) is 14.5 Å². The second-order valence-electron chi connectivity index (χ2n) is 9.54. The van der Waals surface area contributed by atoms with Crippen LogP contribution in [0.3, 0.4) is 0 Å². The lowest BCUT2D eigenvalue weighted by Crippen LogP contribution is -2.51. The fourth-order valence-corrected chi connectivity index (χ4v) is 6.12. The normalized spacial score (nSPS) is 18.4. The molecule has 1 unspecified atom stereocenters. The number of carbonyl (C=O) groups excluding carboxylic acids is 2. The predicted molar refractivity (Wildman–Crippen MR) is 136 cm³/mol. The van der Waals surface area contributed by atoms with E-state index in [2.05, 4.69) is 16.3 Å². The van der Waals surface area contributed by atoms with Gasteiger partial charge in [-0.2, -0.15) is 13.2 Å². The molecule has 0 saturated carbocycles. The molecule has 3 heterocycles. The Kier molecular flexibility index (Phi) is 7.54. The number of piperazine rings is 1. The molecule has 10 heteroatoms. The number of alkyl halides is 3. The van der Waals surface area contributed by atoms with Gasteiger partial charge in [-0.1, -0.05) is 12.1 Å². The second-order valence-corrected chi connectivity index (χ2v) is 10.5. The number of thiophene rings is 1. The smallest absolute Gasteiger partial charge is 0.339 e. The van der Waals surface area contributed by atoms with Crippen LogP contribution in [0.15, 0.2) is 60.0 Å². The highest BCUT2D eigenvalue weighted by Crippen LogP contribution is 2.38. The highest BCUT2D eigenvalue weighted by Gasteiger charge is 2.32. The van der Waals surface area contributed by atoms with Crippen LogP contribution >= 0.6 is 11.3 Å². The number of hydrogen-bond acceptors (Lipinski definition) is 4. The monoisotopic (exact) mass is 545 g/mol. The zero-order chi connectivity index (χ0) is 26.9. The maximum Gasteiger partial charge on any atom is 0.416 e. The van der Waals surface area contributed by atoms with E-state index in [9.17, 15) is 27.2 Å². The number of nitrogens with zero attached hydrogens (tertiary/aromatic N) is 3. The van der Waals surface area contributed by atoms with Crippen molar-refractivity contribution >= 4 is 23.2 Å². The maximum absolute atomic E-state index is 14.0. The standard InChI is InChI=1S/C28H27F4N3O2S/c29-22-3-1-2-20(18-22)26-23-10-17-38-24(23)8-11-34(26)12-9-25(36)33-13-15-35(16-14-33)27(37)19-4-6-21(7-5-19)28(30,31)32/h1-7,10,17-18,26H,8-9,11-16H2. The molecule has 1 saturated heterocycles. The maximum atomic E-state index is 14.0. The molecule has 1 fully saturated rings. The van der Waals surface area contributed by atoms with Crippen LogP contribution in [-0.4, -0.2) is 65.8 Å². The van der Waals surface area contributed by atoms with E-state index in [-0.39, 0.29) is 29.2 Å². The zero-order valence-electron chi connectivity index (χ0n) is 20.6. The molecule has 2 aliphatic heterocycles. The lowest BCUT2D eigenvalue weighted by Gasteiger charge is -2.38. The summed E-state index contributed by atoms with van der Waals surface area (Å²) in [7, 11) is 0. The van der Waals surface area contributed by atoms with Crippen LogP contribution in [0.4, 0.5) is 17.6 Å². The Morgan fingerprint density at radius 1 is 0.921 bits per heavy atom. The molecule has 0 radical (unpaired) electrons. The summed E-state index contributed by atoms with van der Waals surface area (Å²) in [5, 5.41) is 2.05. The van der Waals surface area contributed by atoms with E-state index in [0.29, 0.717) is 39.1 Å². The summed E-state index contributed by atoms with van der Waals surface area (Å²) in [6.45, 7) is 2.68. The van der Waals surface area contributed by atoms with Crippen molar-refractivity contribution in [3.05, 3.63) is 92.9 Å². The van der Waals surface area contributed by atoms with E-state index < -0.39 is 11.7 Å². The topological polar surface area (TPSA) is 43.9 Å². The van der Waals surface area contributed by atoms with Crippen molar-refractivity contribution < 1.29 is 27.2 Å². The molecule has 2 amide bonds. The molecule has 5 nitrogen and oxygen atoms in total. The molecule has 1 aromatic heterocycles. The van der Waals surface area contributed by atoms with Gasteiger partial charge < -0.3 is 9.80 Å². The van der Waals surface area contributed by atoms with E-state index in [1.165, 1.54) is 23.1 Å². The molecule has 2 aromatic carbocycles. The summed E-state index contributed by atoms with van der Waals surface area (Å²) < 4.78 is 52.4. The molecular formula is C28H27F4N3O2S. The van der Waals surface area contributed by atoms with Crippen LogP contribution in [0.1, 0.15) is 44.4 Å². The molecule has 200 valence electrons. The van der Waals surface area contributed by atoms with Gasteiger partial charge in [-0.05, 0) is 65.4 Å². The van der Waals surface area contributed by atoms with Gasteiger partial charge in [0, 0.05) is 56.1 Å². The van der Waals surface area contributed by atoms with Crippen LogP contribution < -0.4 is 0 Å². The fraction of sp³-hybridized carbons (Fsp3) is 0.357. The van der Waals surface area contributed by atoms with Crippen molar-refractivity contribution in [2.45, 2.75) is 25.1 Å². The number of benzene rings is 2. The molecule has 38 heavy (non-hydrogen) atoms. The average Bonchev–Trinajstić information content (AvgIpc) is 3.39. The van der Waals surface area contributed by atoms with E-state index >= 15 is 0 Å². The SMILES string of the molecule is O=C(CCN1CCc2sccc2C1c1cccc(F)c1)N1CCN(C(=O)c2ccc(C(F)(F)F)cc2)CC1. The van der Waals surface area contributed by atoms with Gasteiger partial charge in [0.15, 0.2) is 0 Å². The minimum atomic E-state index is -4.45. The third-order valence-electron chi connectivity index (χ3n) is 7.22. The summed E-state index contributed by atoms with van der Waals surface area (Å²) in [5.74, 6) is -0.644. The van der Waals surface area contributed by atoms with E-state index in [1.54, 1.807) is 33.3 Å². The number of rotatable bonds is 5. The molecule has 0 spiro atoms. The molecule has 0 bridgehead atoms. The van der Waals surface area contributed by atoms with Gasteiger partial charge in [0.25, 0.3) is 5.91 Å². The van der Waals surface area contributed by atoms with Crippen molar-refractivity contribution in [3.8, 4) is 0 Å². The number of fused-ring (bicyclic) bond motifs is 1. The van der Waals surface area contributed by atoms with Gasteiger partial charge in [-0.25, -0.2) is 4.39 Å². The van der Waals surface area contributed by atoms with E-state index in [1.807, 2.05) is 6.07 Å². The Balaban J connectivity index is 1.17. The van der Waals surface area contributed by atoms with Crippen LogP contribution in [0.25, 0.3) is 0 Å². The number of carbonyl (C=O) groups is 2. The Morgan fingerprint density at radius 2 is 1.63 bits per heavy atom. The Morgan fingerprint density at radius 3 is 2.32 bits per heavy atom. The summed E-state index contributed by atoms with van der Waals surface area (Å²) in [6.07, 6.45) is -3.26. The molecule has 1 atom stereocenters. The highest BCUT2D eigenvalue weighted by molar-refractivity contribution is 7.10. The van der Waals surface area contributed by atoms with Gasteiger partial charge in [-0.15, -0.1) is 11.3 Å². The van der Waals surface area contributed by atoms with Gasteiger partial charge >= 0.3 is 6.18 Å². The average molecular weight is 546 g/mol.